The zero-order valence-electron chi connectivity index (χ0n) is 12.1. The Kier molecular flexibility index (Phi) is 2.63. The molecule has 1 atom stereocenters. The second-order valence-corrected chi connectivity index (χ2v) is 5.96. The van der Waals surface area contributed by atoms with Gasteiger partial charge in [0, 0.05) is 43.4 Å². The molecular weight excluding hydrogens is 282 g/mol. The monoisotopic (exact) mass is 297 g/mol. The Bertz CT molecular complexity index is 837. The number of aryl methyl sites for hydroxylation is 1. The van der Waals surface area contributed by atoms with E-state index in [1.165, 1.54) is 0 Å². The Morgan fingerprint density at radius 2 is 1.86 bits per heavy atom. The van der Waals surface area contributed by atoms with Crippen LogP contribution in [0.5, 0.6) is 0 Å². The number of benzene rings is 1. The average molecular weight is 297 g/mol. The fraction of sp³-hybridized carbons (Fsp3) is 0.312. The molecule has 1 aromatic heterocycles. The van der Waals surface area contributed by atoms with Crippen molar-refractivity contribution in [1.29, 1.82) is 0 Å². The summed E-state index contributed by atoms with van der Waals surface area (Å²) in [6.07, 6.45) is 4.65. The highest BCUT2D eigenvalue weighted by atomic mass is 16.2. The van der Waals surface area contributed by atoms with Crippen LogP contribution in [0, 0.1) is 0 Å². The normalized spacial score (nSPS) is 21.4. The van der Waals surface area contributed by atoms with Crippen LogP contribution >= 0.6 is 0 Å². The van der Waals surface area contributed by atoms with Gasteiger partial charge >= 0.3 is 0 Å². The van der Waals surface area contributed by atoms with Crippen molar-refractivity contribution in [3.05, 3.63) is 35.7 Å². The zero-order chi connectivity index (χ0) is 15.4. The number of carbonyl (C=O) groups excluding carboxylic acids is 3. The highest BCUT2D eigenvalue weighted by molar-refractivity contribution is 6.07. The Hall–Kier alpha value is -2.63. The first-order valence-electron chi connectivity index (χ1n) is 7.26. The quantitative estimate of drug-likeness (QED) is 0.796. The first-order chi connectivity index (χ1) is 10.5. The Balaban J connectivity index is 1.69. The zero-order valence-corrected chi connectivity index (χ0v) is 12.1. The molecule has 1 fully saturated rings. The van der Waals surface area contributed by atoms with Gasteiger partial charge in [-0.05, 0) is 29.5 Å². The molecule has 1 saturated heterocycles. The van der Waals surface area contributed by atoms with E-state index in [4.69, 9.17) is 0 Å². The maximum absolute atomic E-state index is 12.6. The first kappa shape index (κ1) is 13.1. The largest absolute Gasteiger partial charge is 0.356 e. The summed E-state index contributed by atoms with van der Waals surface area (Å²) in [7, 11) is 1.95. The first-order valence-corrected chi connectivity index (χ1v) is 7.26. The second kappa shape index (κ2) is 4.43. The van der Waals surface area contributed by atoms with E-state index in [0.717, 1.165) is 16.3 Å². The van der Waals surface area contributed by atoms with Crippen LogP contribution in [0.25, 0.3) is 10.8 Å². The summed E-state index contributed by atoms with van der Waals surface area (Å²) in [4.78, 5) is 37.4. The summed E-state index contributed by atoms with van der Waals surface area (Å²) in [6, 6.07) is 3.34. The minimum absolute atomic E-state index is 0.129. The summed E-state index contributed by atoms with van der Waals surface area (Å²) in [5.74, 6) is -0.769. The lowest BCUT2D eigenvalue weighted by molar-refractivity contribution is -0.136. The number of piperidine rings is 1. The third-order valence-corrected chi connectivity index (χ3v) is 4.41. The number of aromatic nitrogens is 1. The third kappa shape index (κ3) is 1.83. The standard InChI is InChI=1S/C16H15N3O3/c1-18-6-9-4-11-8-19(13-2-3-14(20)17-15(13)21)16(22)12(11)5-10(9)7-18/h4-7,13H,2-3,8H2,1H3,(H,17,20,21)/t13-/m1/s1. The van der Waals surface area contributed by atoms with Crippen LogP contribution in [0.4, 0.5) is 0 Å². The lowest BCUT2D eigenvalue weighted by Gasteiger charge is -2.29. The Morgan fingerprint density at radius 3 is 2.59 bits per heavy atom. The van der Waals surface area contributed by atoms with Crippen molar-refractivity contribution in [3.63, 3.8) is 0 Å². The van der Waals surface area contributed by atoms with Crippen LogP contribution in [-0.4, -0.2) is 33.2 Å². The molecule has 0 aliphatic carbocycles. The van der Waals surface area contributed by atoms with Crippen molar-refractivity contribution in [2.75, 3.05) is 0 Å². The summed E-state index contributed by atoms with van der Waals surface area (Å²) < 4.78 is 1.96. The molecule has 2 aromatic rings. The number of fused-ring (bicyclic) bond motifs is 2. The van der Waals surface area contributed by atoms with Crippen LogP contribution < -0.4 is 5.32 Å². The van der Waals surface area contributed by atoms with Gasteiger partial charge in [0.25, 0.3) is 5.91 Å². The minimum atomic E-state index is -0.553. The van der Waals surface area contributed by atoms with E-state index in [1.807, 2.05) is 36.1 Å². The molecule has 0 saturated carbocycles. The van der Waals surface area contributed by atoms with E-state index in [-0.39, 0.29) is 24.1 Å². The second-order valence-electron chi connectivity index (χ2n) is 5.96. The lowest BCUT2D eigenvalue weighted by Crippen LogP contribution is -2.52. The molecule has 112 valence electrons. The molecule has 4 rings (SSSR count). The Labute approximate surface area is 126 Å². The molecule has 1 aromatic carbocycles. The molecule has 6 nitrogen and oxygen atoms in total. The molecule has 0 spiro atoms. The number of nitrogens with one attached hydrogen (secondary N) is 1. The molecule has 3 amide bonds. The Morgan fingerprint density at radius 1 is 1.14 bits per heavy atom. The van der Waals surface area contributed by atoms with Crippen LogP contribution in [0.3, 0.4) is 0 Å². The summed E-state index contributed by atoms with van der Waals surface area (Å²) in [6.45, 7) is 0.422. The van der Waals surface area contributed by atoms with E-state index >= 15 is 0 Å². The molecule has 2 aliphatic rings. The predicted molar refractivity (Wildman–Crippen MR) is 79.0 cm³/mol. The van der Waals surface area contributed by atoms with E-state index < -0.39 is 6.04 Å². The average Bonchev–Trinajstić information content (AvgIpc) is 2.96. The van der Waals surface area contributed by atoms with Crippen molar-refractivity contribution in [2.24, 2.45) is 7.05 Å². The minimum Gasteiger partial charge on any atom is -0.356 e. The van der Waals surface area contributed by atoms with Crippen molar-refractivity contribution in [1.82, 2.24) is 14.8 Å². The van der Waals surface area contributed by atoms with Crippen LogP contribution in [0.1, 0.15) is 28.8 Å². The third-order valence-electron chi connectivity index (χ3n) is 4.41. The van der Waals surface area contributed by atoms with E-state index in [9.17, 15) is 14.4 Å². The van der Waals surface area contributed by atoms with Crippen LogP contribution in [-0.2, 0) is 23.2 Å². The molecule has 3 heterocycles. The van der Waals surface area contributed by atoms with Gasteiger partial charge in [0.2, 0.25) is 11.8 Å². The van der Waals surface area contributed by atoms with E-state index in [1.54, 1.807) is 4.90 Å². The predicted octanol–water partition coefficient (Wildman–Crippen LogP) is 0.939. The van der Waals surface area contributed by atoms with Crippen molar-refractivity contribution in [3.8, 4) is 0 Å². The molecule has 2 aliphatic heterocycles. The molecular formula is C16H15N3O3. The number of imide groups is 1. The highest BCUT2D eigenvalue weighted by Gasteiger charge is 2.39. The van der Waals surface area contributed by atoms with E-state index in [2.05, 4.69) is 5.32 Å². The van der Waals surface area contributed by atoms with Gasteiger partial charge in [-0.3, -0.25) is 19.7 Å². The van der Waals surface area contributed by atoms with Crippen molar-refractivity contribution < 1.29 is 14.4 Å². The SMILES string of the molecule is Cn1cc2cc3c(cc2c1)C(=O)N([C@@H]1CCC(=O)NC1=O)C3. The summed E-state index contributed by atoms with van der Waals surface area (Å²) in [5.41, 5.74) is 1.59. The van der Waals surface area contributed by atoms with Crippen molar-refractivity contribution >= 4 is 28.5 Å². The van der Waals surface area contributed by atoms with Gasteiger partial charge in [-0.1, -0.05) is 0 Å². The van der Waals surface area contributed by atoms with Gasteiger partial charge in [-0.2, -0.15) is 0 Å². The van der Waals surface area contributed by atoms with Gasteiger partial charge < -0.3 is 9.47 Å². The van der Waals surface area contributed by atoms with Crippen LogP contribution in [0.2, 0.25) is 0 Å². The van der Waals surface area contributed by atoms with Gasteiger partial charge in [0.1, 0.15) is 6.04 Å². The van der Waals surface area contributed by atoms with Gasteiger partial charge in [0.15, 0.2) is 0 Å². The van der Waals surface area contributed by atoms with Gasteiger partial charge in [-0.25, -0.2) is 0 Å². The number of rotatable bonds is 1. The molecule has 22 heavy (non-hydrogen) atoms. The van der Waals surface area contributed by atoms with Crippen LogP contribution in [0.15, 0.2) is 24.5 Å². The fourth-order valence-corrected chi connectivity index (χ4v) is 3.35. The fourth-order valence-electron chi connectivity index (χ4n) is 3.35. The molecule has 0 unspecified atom stereocenters. The summed E-state index contributed by atoms with van der Waals surface area (Å²) >= 11 is 0. The van der Waals surface area contributed by atoms with Gasteiger partial charge in [-0.15, -0.1) is 0 Å². The number of amides is 3. The molecule has 0 radical (unpaired) electrons. The molecule has 6 heteroatoms. The smallest absolute Gasteiger partial charge is 0.255 e. The molecule has 1 N–H and O–H groups in total. The number of hydrogen-bond acceptors (Lipinski definition) is 3. The maximum atomic E-state index is 12.6. The number of nitrogens with zero attached hydrogens (tertiary/aromatic N) is 2. The lowest BCUT2D eigenvalue weighted by atomic mass is 10.0. The summed E-state index contributed by atoms with van der Waals surface area (Å²) in [5, 5.41) is 4.41. The molecule has 0 bridgehead atoms. The maximum Gasteiger partial charge on any atom is 0.255 e. The van der Waals surface area contributed by atoms with Crippen molar-refractivity contribution in [2.45, 2.75) is 25.4 Å². The number of hydrogen-bond donors (Lipinski definition) is 1. The van der Waals surface area contributed by atoms with Gasteiger partial charge in [0.05, 0.1) is 0 Å². The highest BCUT2D eigenvalue weighted by Crippen LogP contribution is 2.31. The van der Waals surface area contributed by atoms with E-state index in [0.29, 0.717) is 18.5 Å². The number of carbonyl (C=O) groups is 3. The topological polar surface area (TPSA) is 71.4 Å².